The van der Waals surface area contributed by atoms with Crippen LogP contribution in [0.2, 0.25) is 5.02 Å². The molecule has 84 valence electrons. The lowest BCUT2D eigenvalue weighted by atomic mass is 9.85. The van der Waals surface area contributed by atoms with Crippen LogP contribution in [0.1, 0.15) is 31.2 Å². The van der Waals surface area contributed by atoms with E-state index >= 15 is 0 Å². The van der Waals surface area contributed by atoms with Crippen molar-refractivity contribution in [3.63, 3.8) is 0 Å². The minimum Gasteiger partial charge on any atom is -0.369 e. The maximum Gasteiger partial charge on any atom is 0.223 e. The second-order valence-electron chi connectivity index (χ2n) is 4.19. The highest BCUT2D eigenvalue weighted by molar-refractivity contribution is 7.10. The largest absolute Gasteiger partial charge is 0.369 e. The molecule has 15 heavy (non-hydrogen) atoms. The highest BCUT2D eigenvalue weighted by atomic mass is 35.5. The van der Waals surface area contributed by atoms with Crippen LogP contribution in [0.3, 0.4) is 0 Å². The molecule has 1 amide bonds. The number of carbonyl (C=O) groups excluding carboxylic acids is 1. The molecule has 1 heterocycles. The van der Waals surface area contributed by atoms with E-state index in [2.05, 4.69) is 0 Å². The molecular weight excluding hydrogens is 232 g/mol. The van der Waals surface area contributed by atoms with Gasteiger partial charge in [0.25, 0.3) is 0 Å². The van der Waals surface area contributed by atoms with Gasteiger partial charge in [0.05, 0.1) is 5.02 Å². The molecule has 4 N–H and O–H groups in total. The van der Waals surface area contributed by atoms with E-state index in [1.165, 1.54) is 11.3 Å². The zero-order valence-electron chi connectivity index (χ0n) is 8.79. The van der Waals surface area contributed by atoms with Crippen molar-refractivity contribution in [1.29, 1.82) is 0 Å². The molecule has 1 aromatic heterocycles. The van der Waals surface area contributed by atoms with Crippen LogP contribution in [0.15, 0.2) is 11.4 Å². The van der Waals surface area contributed by atoms with E-state index in [9.17, 15) is 4.79 Å². The number of nitrogens with two attached hydrogens (primary N) is 2. The summed E-state index contributed by atoms with van der Waals surface area (Å²) in [5.41, 5.74) is 10.7. The molecule has 0 saturated carbocycles. The zero-order chi connectivity index (χ0) is 11.6. The van der Waals surface area contributed by atoms with E-state index in [0.717, 1.165) is 4.88 Å². The van der Waals surface area contributed by atoms with Crippen LogP contribution in [-0.4, -0.2) is 5.91 Å². The molecule has 3 nitrogen and oxygen atoms in total. The fourth-order valence-electron chi connectivity index (χ4n) is 1.31. The summed E-state index contributed by atoms with van der Waals surface area (Å²) in [4.78, 5) is 12.1. The number of halogens is 1. The minimum absolute atomic E-state index is 0.236. The molecule has 0 aliphatic rings. The fourth-order valence-corrected chi connectivity index (χ4v) is 2.51. The summed E-state index contributed by atoms with van der Waals surface area (Å²) in [6.07, 6.45) is 0.503. The third-order valence-electron chi connectivity index (χ3n) is 2.38. The van der Waals surface area contributed by atoms with E-state index in [1.807, 2.05) is 5.38 Å². The van der Waals surface area contributed by atoms with Gasteiger partial charge in [0.1, 0.15) is 0 Å². The average Bonchev–Trinajstić information content (AvgIpc) is 2.50. The predicted octanol–water partition coefficient (Wildman–Crippen LogP) is 2.30. The lowest BCUT2D eigenvalue weighted by molar-refractivity contribution is -0.126. The summed E-state index contributed by atoms with van der Waals surface area (Å²) in [6, 6.07) is 1.57. The van der Waals surface area contributed by atoms with Gasteiger partial charge in [-0.25, -0.2) is 0 Å². The smallest absolute Gasteiger partial charge is 0.223 e. The Bertz CT molecular complexity index is 362. The first-order valence-electron chi connectivity index (χ1n) is 4.63. The van der Waals surface area contributed by atoms with E-state index in [4.69, 9.17) is 23.1 Å². The maximum atomic E-state index is 11.1. The van der Waals surface area contributed by atoms with Gasteiger partial charge in [-0.1, -0.05) is 25.4 Å². The number of carbonyl (C=O) groups is 1. The SMILES string of the molecule is CC(C)(CC(N)c1sccc1Cl)C(N)=O. The first-order valence-corrected chi connectivity index (χ1v) is 5.89. The Kier molecular flexibility index (Phi) is 3.76. The van der Waals surface area contributed by atoms with E-state index < -0.39 is 5.41 Å². The van der Waals surface area contributed by atoms with Crippen molar-refractivity contribution in [3.8, 4) is 0 Å². The number of thiophene rings is 1. The molecule has 0 radical (unpaired) electrons. The summed E-state index contributed by atoms with van der Waals surface area (Å²) >= 11 is 7.46. The minimum atomic E-state index is -0.604. The summed E-state index contributed by atoms with van der Waals surface area (Å²) < 4.78 is 0. The molecule has 0 bridgehead atoms. The van der Waals surface area contributed by atoms with Crippen LogP contribution in [-0.2, 0) is 4.79 Å². The van der Waals surface area contributed by atoms with Crippen LogP contribution in [0.25, 0.3) is 0 Å². The van der Waals surface area contributed by atoms with Crippen LogP contribution in [0.5, 0.6) is 0 Å². The molecule has 0 fully saturated rings. The van der Waals surface area contributed by atoms with Crippen LogP contribution in [0.4, 0.5) is 0 Å². The highest BCUT2D eigenvalue weighted by Crippen LogP contribution is 2.34. The molecule has 0 aromatic carbocycles. The van der Waals surface area contributed by atoms with Gasteiger partial charge in [0, 0.05) is 16.3 Å². The first-order chi connectivity index (χ1) is 6.84. The van der Waals surface area contributed by atoms with E-state index in [1.54, 1.807) is 19.9 Å². The number of rotatable bonds is 4. The van der Waals surface area contributed by atoms with Crippen molar-refractivity contribution in [2.24, 2.45) is 16.9 Å². The Morgan fingerprint density at radius 2 is 2.27 bits per heavy atom. The van der Waals surface area contributed by atoms with Gasteiger partial charge in [0.15, 0.2) is 0 Å². The van der Waals surface area contributed by atoms with Gasteiger partial charge in [-0.2, -0.15) is 0 Å². The Labute approximate surface area is 98.4 Å². The Morgan fingerprint density at radius 3 is 2.67 bits per heavy atom. The monoisotopic (exact) mass is 246 g/mol. The second-order valence-corrected chi connectivity index (χ2v) is 5.55. The molecule has 0 spiro atoms. The summed E-state index contributed by atoms with van der Waals surface area (Å²) in [7, 11) is 0. The normalized spacial score (nSPS) is 13.9. The molecule has 0 saturated heterocycles. The van der Waals surface area contributed by atoms with Gasteiger partial charge < -0.3 is 11.5 Å². The van der Waals surface area contributed by atoms with Crippen molar-refractivity contribution in [3.05, 3.63) is 21.3 Å². The molecule has 0 aliphatic heterocycles. The number of hydrogen-bond acceptors (Lipinski definition) is 3. The van der Waals surface area contributed by atoms with Gasteiger partial charge in [0.2, 0.25) is 5.91 Å². The molecular formula is C10H15ClN2OS. The second kappa shape index (κ2) is 4.51. The third kappa shape index (κ3) is 2.93. The van der Waals surface area contributed by atoms with Crippen molar-refractivity contribution >= 4 is 28.8 Å². The molecule has 5 heteroatoms. The van der Waals surface area contributed by atoms with E-state index in [0.29, 0.717) is 11.4 Å². The number of amides is 1. The van der Waals surface area contributed by atoms with Crippen LogP contribution >= 0.6 is 22.9 Å². The van der Waals surface area contributed by atoms with Crippen LogP contribution in [0, 0.1) is 5.41 Å². The van der Waals surface area contributed by atoms with Crippen molar-refractivity contribution in [1.82, 2.24) is 0 Å². The number of primary amides is 1. The predicted molar refractivity (Wildman–Crippen MR) is 63.8 cm³/mol. The first kappa shape index (κ1) is 12.5. The Hall–Kier alpha value is -0.580. The molecule has 1 atom stereocenters. The van der Waals surface area contributed by atoms with Gasteiger partial charge in [-0.05, 0) is 17.9 Å². The Morgan fingerprint density at radius 1 is 1.67 bits per heavy atom. The van der Waals surface area contributed by atoms with Crippen molar-refractivity contribution in [2.75, 3.05) is 0 Å². The van der Waals surface area contributed by atoms with Crippen molar-refractivity contribution < 1.29 is 4.79 Å². The van der Waals surface area contributed by atoms with Gasteiger partial charge in [-0.3, -0.25) is 4.79 Å². The Balaban J connectivity index is 2.76. The summed E-state index contributed by atoms with van der Waals surface area (Å²) in [5.74, 6) is -0.342. The highest BCUT2D eigenvalue weighted by Gasteiger charge is 2.29. The molecule has 1 unspecified atom stereocenters. The topological polar surface area (TPSA) is 69.1 Å². The van der Waals surface area contributed by atoms with E-state index in [-0.39, 0.29) is 11.9 Å². The quantitative estimate of drug-likeness (QED) is 0.856. The number of hydrogen-bond donors (Lipinski definition) is 2. The average molecular weight is 247 g/mol. The molecule has 0 aliphatic carbocycles. The lowest BCUT2D eigenvalue weighted by Crippen LogP contribution is -2.34. The van der Waals surface area contributed by atoms with Gasteiger partial charge in [-0.15, -0.1) is 11.3 Å². The lowest BCUT2D eigenvalue weighted by Gasteiger charge is -2.24. The fraction of sp³-hybridized carbons (Fsp3) is 0.500. The zero-order valence-corrected chi connectivity index (χ0v) is 10.4. The third-order valence-corrected chi connectivity index (χ3v) is 3.87. The molecule has 1 aromatic rings. The van der Waals surface area contributed by atoms with Crippen LogP contribution < -0.4 is 11.5 Å². The summed E-state index contributed by atoms with van der Waals surface area (Å²) in [5, 5.41) is 2.54. The summed E-state index contributed by atoms with van der Waals surface area (Å²) in [6.45, 7) is 3.58. The maximum absolute atomic E-state index is 11.1. The molecule has 1 rings (SSSR count). The standard InChI is InChI=1S/C10H15ClN2OS/c1-10(2,9(13)14)5-7(12)8-6(11)3-4-15-8/h3-4,7H,5,12H2,1-2H3,(H2,13,14). The van der Waals surface area contributed by atoms with Crippen molar-refractivity contribution in [2.45, 2.75) is 26.3 Å². The van der Waals surface area contributed by atoms with Gasteiger partial charge >= 0.3 is 0 Å².